The summed E-state index contributed by atoms with van der Waals surface area (Å²) in [5, 5.41) is 21.8. The number of allylic oxidation sites excluding steroid dienone is 1. The molecule has 4 nitrogen and oxygen atoms in total. The van der Waals surface area contributed by atoms with Crippen LogP contribution in [0.2, 0.25) is 0 Å². The average molecular weight is 398 g/mol. The fraction of sp³-hybridized carbons (Fsp3) is 0.150. The molecule has 0 aromatic heterocycles. The molecule has 0 bridgehead atoms. The second kappa shape index (κ2) is 7.34. The summed E-state index contributed by atoms with van der Waals surface area (Å²) in [4.78, 5) is 1.42. The quantitative estimate of drug-likeness (QED) is 0.736. The second-order valence-electron chi connectivity index (χ2n) is 6.11. The van der Waals surface area contributed by atoms with Gasteiger partial charge in [0, 0.05) is 11.4 Å². The van der Waals surface area contributed by atoms with E-state index < -0.39 is 17.8 Å². The SMILES string of the molecule is CC1=C(C#N)C(c2ccc(C#N)cc2)NC(=S)N1c1cccc(C(F)(F)F)c1. The van der Waals surface area contributed by atoms with Crippen LogP contribution < -0.4 is 10.2 Å². The smallest absolute Gasteiger partial charge is 0.350 e. The summed E-state index contributed by atoms with van der Waals surface area (Å²) in [6, 6.07) is 15.1. The first-order chi connectivity index (χ1) is 13.3. The topological polar surface area (TPSA) is 62.9 Å². The number of halogens is 3. The third kappa shape index (κ3) is 3.55. The number of rotatable bonds is 2. The van der Waals surface area contributed by atoms with E-state index in [1.54, 1.807) is 31.2 Å². The maximum atomic E-state index is 13.1. The number of nitrogens with one attached hydrogen (secondary N) is 1. The fourth-order valence-corrected chi connectivity index (χ4v) is 3.38. The number of benzene rings is 2. The first-order valence-corrected chi connectivity index (χ1v) is 8.56. The van der Waals surface area contributed by atoms with Crippen LogP contribution in [0.15, 0.2) is 59.8 Å². The van der Waals surface area contributed by atoms with E-state index in [1.165, 1.54) is 17.0 Å². The van der Waals surface area contributed by atoms with E-state index in [0.29, 0.717) is 16.8 Å². The van der Waals surface area contributed by atoms with Crippen molar-refractivity contribution >= 4 is 23.0 Å². The molecule has 0 saturated heterocycles. The van der Waals surface area contributed by atoms with E-state index in [4.69, 9.17) is 17.5 Å². The Morgan fingerprint density at radius 2 is 1.75 bits per heavy atom. The number of alkyl halides is 3. The van der Waals surface area contributed by atoms with Crippen molar-refractivity contribution in [2.75, 3.05) is 4.90 Å². The third-order valence-corrected chi connectivity index (χ3v) is 4.71. The molecule has 0 fully saturated rings. The highest BCUT2D eigenvalue weighted by molar-refractivity contribution is 7.80. The van der Waals surface area contributed by atoms with Crippen LogP contribution in [-0.4, -0.2) is 5.11 Å². The number of hydrogen-bond donors (Lipinski definition) is 1. The summed E-state index contributed by atoms with van der Waals surface area (Å²) in [7, 11) is 0. The van der Waals surface area contributed by atoms with Gasteiger partial charge in [-0.05, 0) is 55.0 Å². The lowest BCUT2D eigenvalue weighted by Crippen LogP contribution is -2.46. The average Bonchev–Trinajstić information content (AvgIpc) is 2.67. The Bertz CT molecular complexity index is 1040. The number of nitrogens with zero attached hydrogens (tertiary/aromatic N) is 3. The first-order valence-electron chi connectivity index (χ1n) is 8.15. The molecule has 0 amide bonds. The minimum atomic E-state index is -4.48. The van der Waals surface area contributed by atoms with Crippen molar-refractivity contribution in [1.29, 1.82) is 10.5 Å². The predicted octanol–water partition coefficient (Wildman–Crippen LogP) is 4.81. The Hall–Kier alpha value is -3.36. The third-order valence-electron chi connectivity index (χ3n) is 4.41. The van der Waals surface area contributed by atoms with Crippen molar-refractivity contribution in [3.63, 3.8) is 0 Å². The van der Waals surface area contributed by atoms with Crippen LogP contribution in [-0.2, 0) is 6.18 Å². The van der Waals surface area contributed by atoms with Gasteiger partial charge in [-0.3, -0.25) is 4.90 Å². The number of hydrogen-bond acceptors (Lipinski definition) is 3. The molecule has 140 valence electrons. The highest BCUT2D eigenvalue weighted by Gasteiger charge is 2.34. The van der Waals surface area contributed by atoms with Gasteiger partial charge in [0.25, 0.3) is 0 Å². The predicted molar refractivity (Wildman–Crippen MR) is 102 cm³/mol. The van der Waals surface area contributed by atoms with Gasteiger partial charge in [0.2, 0.25) is 0 Å². The highest BCUT2D eigenvalue weighted by Crippen LogP contribution is 2.36. The molecule has 1 aliphatic rings. The standard InChI is InChI=1S/C20H13F3N4S/c1-12-17(11-25)18(14-7-5-13(10-24)6-8-14)26-19(28)27(12)16-4-2-3-15(9-16)20(21,22)23/h2-9,18H,1H3,(H,26,28). The van der Waals surface area contributed by atoms with Crippen LogP contribution in [0.4, 0.5) is 18.9 Å². The molecule has 1 heterocycles. The van der Waals surface area contributed by atoms with Crippen LogP contribution in [0.3, 0.4) is 0 Å². The van der Waals surface area contributed by atoms with E-state index >= 15 is 0 Å². The normalized spacial score (nSPS) is 17.0. The Labute approximate surface area is 165 Å². The molecular weight excluding hydrogens is 385 g/mol. The summed E-state index contributed by atoms with van der Waals surface area (Å²) in [5.41, 5.74) is 1.40. The molecule has 2 aromatic carbocycles. The van der Waals surface area contributed by atoms with Gasteiger partial charge in [-0.15, -0.1) is 0 Å². The zero-order valence-corrected chi connectivity index (χ0v) is 15.4. The largest absolute Gasteiger partial charge is 0.416 e. The molecule has 0 aliphatic carbocycles. The van der Waals surface area contributed by atoms with Crippen LogP contribution in [0, 0.1) is 22.7 Å². The summed E-state index contributed by atoms with van der Waals surface area (Å²) < 4.78 is 39.2. The number of nitriles is 2. The molecule has 1 atom stereocenters. The molecule has 1 aliphatic heterocycles. The van der Waals surface area contributed by atoms with Crippen LogP contribution in [0.25, 0.3) is 0 Å². The van der Waals surface area contributed by atoms with Crippen LogP contribution in [0.1, 0.15) is 29.7 Å². The van der Waals surface area contributed by atoms with Gasteiger partial charge in [-0.25, -0.2) is 0 Å². The molecule has 3 rings (SSSR count). The lowest BCUT2D eigenvalue weighted by Gasteiger charge is -2.36. The Kier molecular flexibility index (Phi) is 5.08. The Morgan fingerprint density at radius 1 is 1.07 bits per heavy atom. The lowest BCUT2D eigenvalue weighted by molar-refractivity contribution is -0.137. The van der Waals surface area contributed by atoms with Gasteiger partial charge < -0.3 is 5.32 Å². The number of thiocarbonyl (C=S) groups is 1. The summed E-state index contributed by atoms with van der Waals surface area (Å²) in [5.74, 6) is 0. The Balaban J connectivity index is 2.06. The van der Waals surface area contributed by atoms with Crippen molar-refractivity contribution in [2.24, 2.45) is 0 Å². The van der Waals surface area contributed by atoms with Gasteiger partial charge in [0.1, 0.15) is 0 Å². The molecule has 1 N–H and O–H groups in total. The summed E-state index contributed by atoms with van der Waals surface area (Å²) in [6.07, 6.45) is -4.48. The fourth-order valence-electron chi connectivity index (χ4n) is 3.02. The second-order valence-corrected chi connectivity index (χ2v) is 6.50. The van der Waals surface area contributed by atoms with E-state index in [9.17, 15) is 18.4 Å². The summed E-state index contributed by atoms with van der Waals surface area (Å²) in [6.45, 7) is 1.64. The van der Waals surface area contributed by atoms with Crippen molar-refractivity contribution in [1.82, 2.24) is 5.32 Å². The molecular formula is C20H13F3N4S. The van der Waals surface area contributed by atoms with E-state index in [0.717, 1.165) is 17.7 Å². The van der Waals surface area contributed by atoms with Gasteiger partial charge in [-0.2, -0.15) is 23.7 Å². The minimum absolute atomic E-state index is 0.185. The van der Waals surface area contributed by atoms with Crippen molar-refractivity contribution in [2.45, 2.75) is 19.1 Å². The van der Waals surface area contributed by atoms with Gasteiger partial charge >= 0.3 is 6.18 Å². The van der Waals surface area contributed by atoms with E-state index in [2.05, 4.69) is 11.4 Å². The molecule has 1 unspecified atom stereocenters. The monoisotopic (exact) mass is 398 g/mol. The zero-order valence-electron chi connectivity index (χ0n) is 14.6. The van der Waals surface area contributed by atoms with Crippen molar-refractivity contribution < 1.29 is 13.2 Å². The molecule has 28 heavy (non-hydrogen) atoms. The van der Waals surface area contributed by atoms with Crippen LogP contribution in [0.5, 0.6) is 0 Å². The first kappa shape index (κ1) is 19.4. The van der Waals surface area contributed by atoms with E-state index in [-0.39, 0.29) is 10.8 Å². The van der Waals surface area contributed by atoms with E-state index in [1.807, 2.05) is 6.07 Å². The van der Waals surface area contributed by atoms with Gasteiger partial charge in [0.15, 0.2) is 5.11 Å². The van der Waals surface area contributed by atoms with Crippen molar-refractivity contribution in [3.8, 4) is 12.1 Å². The van der Waals surface area contributed by atoms with Gasteiger partial charge in [-0.1, -0.05) is 18.2 Å². The molecule has 8 heteroatoms. The van der Waals surface area contributed by atoms with Crippen molar-refractivity contribution in [3.05, 3.63) is 76.5 Å². The number of anilines is 1. The maximum Gasteiger partial charge on any atom is 0.416 e. The highest BCUT2D eigenvalue weighted by atomic mass is 32.1. The molecule has 0 radical (unpaired) electrons. The molecule has 2 aromatic rings. The minimum Gasteiger partial charge on any atom is -0.350 e. The Morgan fingerprint density at radius 3 is 2.32 bits per heavy atom. The zero-order chi connectivity index (χ0) is 20.5. The maximum absolute atomic E-state index is 13.1. The molecule has 0 saturated carbocycles. The summed E-state index contributed by atoms with van der Waals surface area (Å²) >= 11 is 5.39. The van der Waals surface area contributed by atoms with Crippen LogP contribution >= 0.6 is 12.2 Å². The van der Waals surface area contributed by atoms with Gasteiger partial charge in [0.05, 0.1) is 34.9 Å². The lowest BCUT2D eigenvalue weighted by atomic mass is 9.95. The molecule has 0 spiro atoms.